The average molecular weight is 290 g/mol. The molecule has 0 saturated carbocycles. The van der Waals surface area contributed by atoms with Crippen molar-refractivity contribution < 1.29 is 17.9 Å². The number of carbonyl (C=O) groups excluding carboxylic acids is 1. The summed E-state index contributed by atoms with van der Waals surface area (Å²) in [5.74, 6) is -0.479. The first-order chi connectivity index (χ1) is 9.03. The maximum absolute atomic E-state index is 11.6. The summed E-state index contributed by atoms with van der Waals surface area (Å²) in [5, 5.41) is 7.41. The molecule has 19 heavy (non-hydrogen) atoms. The van der Waals surface area contributed by atoms with Crippen LogP contribution in [0.3, 0.4) is 0 Å². The minimum Gasteiger partial charge on any atom is -0.469 e. The normalized spacial score (nSPS) is 11.4. The van der Waals surface area contributed by atoms with Crippen LogP contribution < -0.4 is 4.72 Å². The Morgan fingerprint density at radius 3 is 2.84 bits per heavy atom. The van der Waals surface area contributed by atoms with Gasteiger partial charge in [0, 0.05) is 25.7 Å². The highest BCUT2D eigenvalue weighted by molar-refractivity contribution is 7.89. The highest BCUT2D eigenvalue weighted by Crippen LogP contribution is 1.97. The molecule has 9 heteroatoms. The summed E-state index contributed by atoms with van der Waals surface area (Å²) < 4.78 is 31.7. The van der Waals surface area contributed by atoms with Gasteiger partial charge in [0.1, 0.15) is 0 Å². The van der Waals surface area contributed by atoms with Crippen molar-refractivity contribution in [2.75, 3.05) is 19.4 Å². The van der Waals surface area contributed by atoms with E-state index in [9.17, 15) is 13.2 Å². The van der Waals surface area contributed by atoms with E-state index in [0.29, 0.717) is 19.5 Å². The van der Waals surface area contributed by atoms with Crippen LogP contribution >= 0.6 is 0 Å². The molecule has 0 fully saturated rings. The zero-order valence-electron chi connectivity index (χ0n) is 10.8. The topological polar surface area (TPSA) is 103 Å². The van der Waals surface area contributed by atoms with Gasteiger partial charge in [0.15, 0.2) is 0 Å². The Kier molecular flexibility index (Phi) is 6.43. The van der Waals surface area contributed by atoms with Gasteiger partial charge in [-0.2, -0.15) is 0 Å². The van der Waals surface area contributed by atoms with Gasteiger partial charge in [-0.05, 0) is 12.8 Å². The molecule has 1 aromatic heterocycles. The third kappa shape index (κ3) is 6.87. The van der Waals surface area contributed by atoms with Crippen molar-refractivity contribution in [2.45, 2.75) is 25.8 Å². The Morgan fingerprint density at radius 2 is 2.21 bits per heavy atom. The van der Waals surface area contributed by atoms with Crippen molar-refractivity contribution in [1.29, 1.82) is 0 Å². The predicted octanol–water partition coefficient (Wildman–Crippen LogP) is -0.459. The summed E-state index contributed by atoms with van der Waals surface area (Å²) >= 11 is 0. The fourth-order valence-electron chi connectivity index (χ4n) is 1.40. The van der Waals surface area contributed by atoms with E-state index in [-0.39, 0.29) is 18.6 Å². The van der Waals surface area contributed by atoms with Crippen LogP contribution in [-0.2, 0) is 26.1 Å². The molecule has 0 saturated heterocycles. The number of ether oxygens (including phenoxy) is 1. The summed E-state index contributed by atoms with van der Waals surface area (Å²) in [4.78, 5) is 10.8. The Morgan fingerprint density at radius 1 is 1.42 bits per heavy atom. The molecular formula is C10H18N4O4S. The zero-order valence-corrected chi connectivity index (χ0v) is 11.6. The van der Waals surface area contributed by atoms with Crippen molar-refractivity contribution in [3.05, 3.63) is 12.4 Å². The predicted molar refractivity (Wildman–Crippen MR) is 67.7 cm³/mol. The van der Waals surface area contributed by atoms with Gasteiger partial charge in [-0.25, -0.2) is 13.1 Å². The number of carbonyl (C=O) groups is 1. The lowest BCUT2D eigenvalue weighted by Crippen LogP contribution is -2.28. The van der Waals surface area contributed by atoms with Gasteiger partial charge in [-0.3, -0.25) is 9.48 Å². The highest BCUT2D eigenvalue weighted by Gasteiger charge is 2.10. The van der Waals surface area contributed by atoms with E-state index in [4.69, 9.17) is 0 Å². The number of aryl methyl sites for hydroxylation is 1. The Balaban J connectivity index is 2.14. The van der Waals surface area contributed by atoms with Gasteiger partial charge in [-0.15, -0.1) is 5.10 Å². The Labute approximate surface area is 112 Å². The number of hydrogen-bond acceptors (Lipinski definition) is 6. The average Bonchev–Trinajstić information content (AvgIpc) is 2.87. The Bertz CT molecular complexity index is 472. The lowest BCUT2D eigenvalue weighted by atomic mass is 10.3. The van der Waals surface area contributed by atoms with Crippen LogP contribution in [0.15, 0.2) is 12.4 Å². The largest absolute Gasteiger partial charge is 0.469 e. The molecular weight excluding hydrogens is 272 g/mol. The van der Waals surface area contributed by atoms with E-state index in [0.717, 1.165) is 0 Å². The monoisotopic (exact) mass is 290 g/mol. The number of nitrogens with one attached hydrogen (secondary N) is 1. The lowest BCUT2D eigenvalue weighted by molar-refractivity contribution is -0.140. The van der Waals surface area contributed by atoms with E-state index in [1.54, 1.807) is 17.1 Å². The van der Waals surface area contributed by atoms with E-state index in [1.807, 2.05) is 0 Å². The standard InChI is InChI=1S/C10H18N4O4S/c1-18-10(15)4-2-9-19(16,17)12-5-3-7-14-8-6-11-13-14/h6,8,12H,2-5,7,9H2,1H3. The zero-order chi connectivity index (χ0) is 14.1. The maximum Gasteiger partial charge on any atom is 0.305 e. The molecule has 108 valence electrons. The molecule has 0 aliphatic rings. The number of nitrogens with zero attached hydrogens (tertiary/aromatic N) is 3. The highest BCUT2D eigenvalue weighted by atomic mass is 32.2. The first-order valence-electron chi connectivity index (χ1n) is 5.92. The molecule has 0 amide bonds. The molecule has 0 atom stereocenters. The Hall–Kier alpha value is -1.48. The molecule has 0 aliphatic heterocycles. The summed E-state index contributed by atoms with van der Waals surface area (Å²) in [7, 11) is -2.05. The first kappa shape index (κ1) is 15.6. The summed E-state index contributed by atoms with van der Waals surface area (Å²) in [6.45, 7) is 0.936. The smallest absolute Gasteiger partial charge is 0.305 e. The number of rotatable bonds is 9. The number of hydrogen-bond donors (Lipinski definition) is 1. The second-order valence-electron chi connectivity index (χ2n) is 3.91. The quantitative estimate of drug-likeness (QED) is 0.487. The van der Waals surface area contributed by atoms with Crippen LogP contribution in [0.4, 0.5) is 0 Å². The van der Waals surface area contributed by atoms with Crippen LogP contribution in [0.1, 0.15) is 19.3 Å². The number of esters is 1. The molecule has 0 aromatic carbocycles. The van der Waals surface area contributed by atoms with E-state index < -0.39 is 16.0 Å². The van der Waals surface area contributed by atoms with Crippen molar-refractivity contribution in [1.82, 2.24) is 19.7 Å². The van der Waals surface area contributed by atoms with Gasteiger partial charge in [0.2, 0.25) is 10.0 Å². The van der Waals surface area contributed by atoms with E-state index in [2.05, 4.69) is 19.8 Å². The molecule has 0 bridgehead atoms. The molecule has 0 radical (unpaired) electrons. The minimum absolute atomic E-state index is 0.0780. The molecule has 1 aromatic rings. The second kappa shape index (κ2) is 7.85. The lowest BCUT2D eigenvalue weighted by Gasteiger charge is -2.06. The van der Waals surface area contributed by atoms with E-state index >= 15 is 0 Å². The van der Waals surface area contributed by atoms with Crippen LogP contribution in [0.2, 0.25) is 0 Å². The third-order valence-corrected chi connectivity index (χ3v) is 3.85. The molecule has 0 aliphatic carbocycles. The molecule has 1 N–H and O–H groups in total. The van der Waals surface area contributed by atoms with Crippen LogP contribution in [0, 0.1) is 0 Å². The van der Waals surface area contributed by atoms with Gasteiger partial charge in [0.25, 0.3) is 0 Å². The van der Waals surface area contributed by atoms with Gasteiger partial charge >= 0.3 is 5.97 Å². The minimum atomic E-state index is -3.33. The van der Waals surface area contributed by atoms with Crippen LogP contribution in [-0.4, -0.2) is 48.8 Å². The summed E-state index contributed by atoms with van der Waals surface area (Å²) in [6, 6.07) is 0. The molecule has 8 nitrogen and oxygen atoms in total. The SMILES string of the molecule is COC(=O)CCCS(=O)(=O)NCCCn1ccnn1. The molecule has 1 rings (SSSR count). The molecule has 0 spiro atoms. The van der Waals surface area contributed by atoms with Crippen molar-refractivity contribution in [3.63, 3.8) is 0 Å². The van der Waals surface area contributed by atoms with Gasteiger partial charge < -0.3 is 4.74 Å². The fourth-order valence-corrected chi connectivity index (χ4v) is 2.53. The third-order valence-electron chi connectivity index (χ3n) is 2.38. The maximum atomic E-state index is 11.6. The number of aromatic nitrogens is 3. The number of sulfonamides is 1. The van der Waals surface area contributed by atoms with Crippen LogP contribution in [0.25, 0.3) is 0 Å². The van der Waals surface area contributed by atoms with Crippen molar-refractivity contribution in [3.8, 4) is 0 Å². The van der Waals surface area contributed by atoms with Crippen molar-refractivity contribution >= 4 is 16.0 Å². The number of methoxy groups -OCH3 is 1. The van der Waals surface area contributed by atoms with Crippen LogP contribution in [0.5, 0.6) is 0 Å². The summed E-state index contributed by atoms with van der Waals surface area (Å²) in [6.07, 6.45) is 4.27. The first-order valence-corrected chi connectivity index (χ1v) is 7.57. The molecule has 0 unspecified atom stereocenters. The van der Waals surface area contributed by atoms with E-state index in [1.165, 1.54) is 7.11 Å². The van der Waals surface area contributed by atoms with Crippen molar-refractivity contribution in [2.24, 2.45) is 0 Å². The van der Waals surface area contributed by atoms with Gasteiger partial charge in [0.05, 0.1) is 19.1 Å². The van der Waals surface area contributed by atoms with Gasteiger partial charge in [-0.1, -0.05) is 5.21 Å². The second-order valence-corrected chi connectivity index (χ2v) is 5.84. The molecule has 1 heterocycles. The summed E-state index contributed by atoms with van der Waals surface area (Å²) in [5.41, 5.74) is 0. The fraction of sp³-hybridized carbons (Fsp3) is 0.700.